The van der Waals surface area contributed by atoms with Crippen LogP contribution in [0.5, 0.6) is 0 Å². The quantitative estimate of drug-likeness (QED) is 0.667. The molecule has 8 heteroatoms. The van der Waals surface area contributed by atoms with E-state index in [9.17, 15) is 16.8 Å². The van der Waals surface area contributed by atoms with Crippen molar-refractivity contribution in [2.75, 3.05) is 0 Å². The summed E-state index contributed by atoms with van der Waals surface area (Å²) in [6.07, 6.45) is 0. The smallest absolute Gasteiger partial charge is 0.207 e. The zero-order chi connectivity index (χ0) is 14.7. The predicted molar refractivity (Wildman–Crippen MR) is 76.9 cm³/mol. The van der Waals surface area contributed by atoms with Crippen LogP contribution >= 0.6 is 21.4 Å². The van der Waals surface area contributed by atoms with E-state index in [-0.39, 0.29) is 0 Å². The van der Waals surface area contributed by atoms with Crippen molar-refractivity contribution in [3.8, 4) is 22.3 Å². The van der Waals surface area contributed by atoms with Crippen LogP contribution in [0.2, 0.25) is 0 Å². The third kappa shape index (κ3) is 1.95. The third-order valence-electron chi connectivity index (χ3n) is 3.11. The molecular formula is C12H6Cl2O4S2. The fourth-order valence-electron chi connectivity index (χ4n) is 2.36. The van der Waals surface area contributed by atoms with E-state index in [0.29, 0.717) is 16.7 Å². The van der Waals surface area contributed by atoms with Crippen molar-refractivity contribution < 1.29 is 16.8 Å². The first-order valence-corrected chi connectivity index (χ1v) is 9.99. The second kappa shape index (κ2) is 4.21. The van der Waals surface area contributed by atoms with Gasteiger partial charge in [-0.15, -0.1) is 0 Å². The van der Waals surface area contributed by atoms with E-state index in [1.165, 1.54) is 6.07 Å². The first-order chi connectivity index (χ1) is 9.21. The number of benzene rings is 2. The molecule has 0 unspecified atom stereocenters. The van der Waals surface area contributed by atoms with E-state index in [0.717, 1.165) is 11.6 Å². The maximum atomic E-state index is 11.8. The molecule has 0 N–H and O–H groups in total. The summed E-state index contributed by atoms with van der Waals surface area (Å²) in [7, 11) is 2.22. The maximum Gasteiger partial charge on any atom is 0.263 e. The average molecular weight is 349 g/mol. The van der Waals surface area contributed by atoms with Crippen LogP contribution in [0, 0.1) is 0 Å². The van der Waals surface area contributed by atoms with Crippen molar-refractivity contribution in [3.05, 3.63) is 36.4 Å². The zero-order valence-electron chi connectivity index (χ0n) is 9.67. The molecule has 0 radical (unpaired) electrons. The molecule has 0 amide bonds. The van der Waals surface area contributed by atoms with Gasteiger partial charge in [0.2, 0.25) is 0 Å². The van der Waals surface area contributed by atoms with Gasteiger partial charge >= 0.3 is 0 Å². The van der Waals surface area contributed by atoms with Gasteiger partial charge in [-0.3, -0.25) is 0 Å². The van der Waals surface area contributed by atoms with Crippen molar-refractivity contribution in [1.82, 2.24) is 0 Å². The van der Waals surface area contributed by atoms with E-state index in [4.69, 9.17) is 21.4 Å². The summed E-state index contributed by atoms with van der Waals surface area (Å²) >= 11 is 0. The fourth-order valence-corrected chi connectivity index (χ4v) is 5.49. The molecule has 0 aromatic heterocycles. The second-order valence-corrected chi connectivity index (χ2v) is 9.27. The van der Waals surface area contributed by atoms with E-state index >= 15 is 0 Å². The molecule has 3 rings (SSSR count). The monoisotopic (exact) mass is 348 g/mol. The summed E-state index contributed by atoms with van der Waals surface area (Å²) in [6.45, 7) is 0. The summed E-state index contributed by atoms with van der Waals surface area (Å²) in [6, 6.07) is 9.74. The van der Waals surface area contributed by atoms with Gasteiger partial charge in [0.15, 0.2) is 0 Å². The molecule has 0 atom stereocenters. The van der Waals surface area contributed by atoms with Crippen LogP contribution in [-0.4, -0.2) is 16.8 Å². The number of fused-ring (bicyclic) bond motifs is 4. The zero-order valence-corrected chi connectivity index (χ0v) is 12.8. The fraction of sp³-hybridized carbons (Fsp3) is 0. The summed E-state index contributed by atoms with van der Waals surface area (Å²) < 4.78 is 46.6. The SMILES string of the molecule is O=S(=O)(Cl)c1ccc2c(c1S(=O)(=O)Cl)-c1ccccc1-2. The van der Waals surface area contributed by atoms with Gasteiger partial charge in [-0.25, -0.2) is 16.8 Å². The van der Waals surface area contributed by atoms with Crippen molar-refractivity contribution in [2.45, 2.75) is 9.79 Å². The van der Waals surface area contributed by atoms with Crippen LogP contribution in [-0.2, 0) is 18.1 Å². The van der Waals surface area contributed by atoms with E-state index in [2.05, 4.69) is 0 Å². The lowest BCUT2D eigenvalue weighted by atomic mass is 9.81. The predicted octanol–water partition coefficient (Wildman–Crippen LogP) is 3.19. The summed E-state index contributed by atoms with van der Waals surface area (Å²) in [5.74, 6) is 0. The third-order valence-corrected chi connectivity index (χ3v) is 5.98. The van der Waals surface area contributed by atoms with Crippen LogP contribution < -0.4 is 0 Å². The highest BCUT2D eigenvalue weighted by Crippen LogP contribution is 2.52. The Morgan fingerprint density at radius 1 is 0.700 bits per heavy atom. The lowest BCUT2D eigenvalue weighted by molar-refractivity contribution is 0.597. The van der Waals surface area contributed by atoms with Crippen molar-refractivity contribution >= 4 is 39.5 Å². The van der Waals surface area contributed by atoms with Crippen LogP contribution in [0.3, 0.4) is 0 Å². The summed E-state index contributed by atoms with van der Waals surface area (Å²) in [5, 5.41) is 0. The Hall–Kier alpha value is -1.08. The minimum Gasteiger partial charge on any atom is -0.207 e. The Morgan fingerprint density at radius 3 is 1.85 bits per heavy atom. The molecule has 20 heavy (non-hydrogen) atoms. The molecule has 0 aliphatic heterocycles. The molecule has 0 fully saturated rings. The average Bonchev–Trinajstić information content (AvgIpc) is 2.32. The Morgan fingerprint density at radius 2 is 1.30 bits per heavy atom. The van der Waals surface area contributed by atoms with Crippen LogP contribution in [0.4, 0.5) is 0 Å². The largest absolute Gasteiger partial charge is 0.263 e. The molecule has 2 aromatic carbocycles. The van der Waals surface area contributed by atoms with E-state index in [1.807, 2.05) is 12.1 Å². The topological polar surface area (TPSA) is 68.3 Å². The highest BCUT2D eigenvalue weighted by molar-refractivity contribution is 8.16. The van der Waals surface area contributed by atoms with Gasteiger partial charge in [0.25, 0.3) is 18.1 Å². The first kappa shape index (κ1) is 13.9. The van der Waals surface area contributed by atoms with Crippen molar-refractivity contribution in [3.63, 3.8) is 0 Å². The molecule has 0 bridgehead atoms. The van der Waals surface area contributed by atoms with Gasteiger partial charge in [-0.05, 0) is 22.8 Å². The van der Waals surface area contributed by atoms with Crippen LogP contribution in [0.1, 0.15) is 0 Å². The Labute approximate surface area is 124 Å². The maximum absolute atomic E-state index is 11.8. The Balaban J connectivity index is 2.46. The number of hydrogen-bond acceptors (Lipinski definition) is 4. The molecule has 104 valence electrons. The van der Waals surface area contributed by atoms with Crippen LogP contribution in [0.15, 0.2) is 46.2 Å². The number of rotatable bonds is 2. The molecular weight excluding hydrogens is 343 g/mol. The Bertz CT molecular complexity index is 947. The van der Waals surface area contributed by atoms with E-state index < -0.39 is 27.9 Å². The normalized spacial score (nSPS) is 13.3. The van der Waals surface area contributed by atoms with Gasteiger partial charge < -0.3 is 0 Å². The van der Waals surface area contributed by atoms with Gasteiger partial charge in [0, 0.05) is 26.9 Å². The number of hydrogen-bond donors (Lipinski definition) is 0. The minimum absolute atomic E-state index is 0.303. The molecule has 4 nitrogen and oxygen atoms in total. The first-order valence-electron chi connectivity index (χ1n) is 5.37. The Kier molecular flexibility index (Phi) is 2.92. The van der Waals surface area contributed by atoms with Crippen molar-refractivity contribution in [1.29, 1.82) is 0 Å². The van der Waals surface area contributed by atoms with Crippen LogP contribution in [0.25, 0.3) is 22.3 Å². The molecule has 0 spiro atoms. The number of halogens is 2. The summed E-state index contributed by atoms with van der Waals surface area (Å²) in [4.78, 5) is -0.951. The lowest BCUT2D eigenvalue weighted by Crippen LogP contribution is -2.10. The minimum atomic E-state index is -4.25. The molecule has 1 aliphatic carbocycles. The highest BCUT2D eigenvalue weighted by Gasteiger charge is 2.35. The van der Waals surface area contributed by atoms with Gasteiger partial charge in [0.05, 0.1) is 0 Å². The molecule has 0 saturated heterocycles. The van der Waals surface area contributed by atoms with Gasteiger partial charge in [-0.2, -0.15) is 0 Å². The van der Waals surface area contributed by atoms with Gasteiger partial charge in [-0.1, -0.05) is 30.3 Å². The standard InChI is InChI=1S/C12H6Cl2O4S2/c13-19(15,16)10-6-5-9-7-3-1-2-4-8(7)11(9)12(10)20(14,17)18/h1-6H. The summed E-state index contributed by atoms with van der Waals surface area (Å²) in [5.41, 5.74) is 2.44. The second-order valence-electron chi connectivity index (χ2n) is 4.24. The molecule has 0 heterocycles. The lowest BCUT2D eigenvalue weighted by Gasteiger charge is -2.26. The van der Waals surface area contributed by atoms with Crippen molar-refractivity contribution in [2.24, 2.45) is 0 Å². The van der Waals surface area contributed by atoms with Gasteiger partial charge in [0.1, 0.15) is 9.79 Å². The highest BCUT2D eigenvalue weighted by atomic mass is 35.7. The molecule has 0 saturated carbocycles. The molecule has 2 aromatic rings. The van der Waals surface area contributed by atoms with E-state index in [1.54, 1.807) is 12.1 Å². The molecule has 1 aliphatic rings.